The Bertz CT molecular complexity index is 410. The summed E-state index contributed by atoms with van der Waals surface area (Å²) < 4.78 is 28.0. The molecule has 0 saturated carbocycles. The molecule has 5 heteroatoms. The number of rotatable bonds is 3. The zero-order valence-electron chi connectivity index (χ0n) is 8.43. The van der Waals surface area contributed by atoms with Crippen molar-refractivity contribution in [2.24, 2.45) is 11.7 Å². The minimum absolute atomic E-state index is 0.0391. The van der Waals surface area contributed by atoms with Gasteiger partial charge in [-0.25, -0.2) is 8.42 Å². The van der Waals surface area contributed by atoms with Gasteiger partial charge < -0.3 is 10.2 Å². The summed E-state index contributed by atoms with van der Waals surface area (Å²) in [5.74, 6) is 1.49. The second kappa shape index (κ2) is 3.98. The lowest BCUT2D eigenvalue weighted by molar-refractivity contribution is 0.386. The van der Waals surface area contributed by atoms with E-state index in [0.29, 0.717) is 13.0 Å². The molecule has 4 nitrogen and oxygen atoms in total. The minimum atomic E-state index is -2.84. The fourth-order valence-corrected chi connectivity index (χ4v) is 4.06. The molecule has 0 spiro atoms. The van der Waals surface area contributed by atoms with Gasteiger partial charge in [0, 0.05) is 12.5 Å². The summed E-state index contributed by atoms with van der Waals surface area (Å²) in [5.41, 5.74) is 5.68. The van der Waals surface area contributed by atoms with Crippen LogP contribution in [0.3, 0.4) is 0 Å². The molecule has 0 bridgehead atoms. The van der Waals surface area contributed by atoms with Gasteiger partial charge in [-0.3, -0.25) is 0 Å². The average Bonchev–Trinajstić information content (AvgIpc) is 2.77. The highest BCUT2D eigenvalue weighted by molar-refractivity contribution is 7.91. The van der Waals surface area contributed by atoms with E-state index in [9.17, 15) is 8.42 Å². The van der Waals surface area contributed by atoms with Crippen molar-refractivity contribution in [3.63, 3.8) is 0 Å². The van der Waals surface area contributed by atoms with Gasteiger partial charge in [0.15, 0.2) is 9.84 Å². The van der Waals surface area contributed by atoms with E-state index in [-0.39, 0.29) is 23.3 Å². The molecule has 1 aliphatic rings. The molecule has 1 aliphatic heterocycles. The molecule has 2 unspecified atom stereocenters. The Labute approximate surface area is 89.4 Å². The monoisotopic (exact) mass is 229 g/mol. The van der Waals surface area contributed by atoms with Crippen molar-refractivity contribution in [3.05, 3.63) is 24.2 Å². The molecule has 15 heavy (non-hydrogen) atoms. The lowest BCUT2D eigenvalue weighted by Gasteiger charge is -2.17. The number of sulfone groups is 1. The van der Waals surface area contributed by atoms with Crippen LogP contribution in [0.15, 0.2) is 22.8 Å². The second-order valence-corrected chi connectivity index (χ2v) is 6.25. The van der Waals surface area contributed by atoms with Crippen molar-refractivity contribution in [3.8, 4) is 0 Å². The first kappa shape index (κ1) is 10.7. The third-order valence-electron chi connectivity index (χ3n) is 3.00. The third kappa shape index (κ3) is 2.23. The van der Waals surface area contributed by atoms with Gasteiger partial charge in [-0.05, 0) is 24.5 Å². The average molecular weight is 229 g/mol. The maximum Gasteiger partial charge on any atom is 0.150 e. The first-order valence-corrected chi connectivity index (χ1v) is 6.88. The Balaban J connectivity index is 2.16. The van der Waals surface area contributed by atoms with Crippen LogP contribution in [0.5, 0.6) is 0 Å². The summed E-state index contributed by atoms with van der Waals surface area (Å²) in [6, 6.07) is 3.67. The Morgan fingerprint density at radius 1 is 1.60 bits per heavy atom. The largest absolute Gasteiger partial charge is 0.469 e. The van der Waals surface area contributed by atoms with E-state index in [1.165, 1.54) is 0 Å². The Morgan fingerprint density at radius 2 is 2.40 bits per heavy atom. The van der Waals surface area contributed by atoms with E-state index < -0.39 is 9.84 Å². The number of hydrogen-bond acceptors (Lipinski definition) is 4. The maximum atomic E-state index is 11.4. The maximum absolute atomic E-state index is 11.4. The van der Waals surface area contributed by atoms with Crippen molar-refractivity contribution in [1.29, 1.82) is 0 Å². The van der Waals surface area contributed by atoms with Crippen LogP contribution < -0.4 is 5.73 Å². The minimum Gasteiger partial charge on any atom is -0.469 e. The molecule has 0 amide bonds. The quantitative estimate of drug-likeness (QED) is 0.830. The van der Waals surface area contributed by atoms with Gasteiger partial charge in [-0.2, -0.15) is 0 Å². The molecule has 1 aromatic heterocycles. The molecule has 2 heterocycles. The summed E-state index contributed by atoms with van der Waals surface area (Å²) in [5, 5.41) is 0. The van der Waals surface area contributed by atoms with Crippen LogP contribution in [-0.4, -0.2) is 26.5 Å². The lowest BCUT2D eigenvalue weighted by atomic mass is 9.90. The van der Waals surface area contributed by atoms with Crippen LogP contribution in [-0.2, 0) is 9.84 Å². The summed E-state index contributed by atoms with van der Waals surface area (Å²) in [6.45, 7) is 0.438. The molecule has 1 fully saturated rings. The first-order valence-electron chi connectivity index (χ1n) is 5.06. The topological polar surface area (TPSA) is 73.3 Å². The van der Waals surface area contributed by atoms with Crippen molar-refractivity contribution in [2.45, 2.75) is 12.3 Å². The Hall–Kier alpha value is -0.810. The summed E-state index contributed by atoms with van der Waals surface area (Å²) >= 11 is 0. The van der Waals surface area contributed by atoms with Crippen LogP contribution in [0.2, 0.25) is 0 Å². The van der Waals surface area contributed by atoms with Gasteiger partial charge in [-0.1, -0.05) is 0 Å². The van der Waals surface area contributed by atoms with Gasteiger partial charge in [0.2, 0.25) is 0 Å². The molecule has 0 aliphatic carbocycles. The highest BCUT2D eigenvalue weighted by Gasteiger charge is 2.34. The van der Waals surface area contributed by atoms with E-state index >= 15 is 0 Å². The standard InChI is InChI=1S/C10H15NO3S/c11-6-9(10-2-1-4-14-10)8-3-5-15(12,13)7-8/h1-2,4,8-9H,3,5-7,11H2. The molecule has 0 aromatic carbocycles. The zero-order valence-corrected chi connectivity index (χ0v) is 9.24. The fraction of sp³-hybridized carbons (Fsp3) is 0.600. The summed E-state index contributed by atoms with van der Waals surface area (Å²) in [4.78, 5) is 0. The first-order chi connectivity index (χ1) is 7.12. The van der Waals surface area contributed by atoms with Crippen LogP contribution in [0.1, 0.15) is 18.1 Å². The van der Waals surface area contributed by atoms with Crippen LogP contribution in [0.4, 0.5) is 0 Å². The molecule has 1 saturated heterocycles. The van der Waals surface area contributed by atoms with Crippen molar-refractivity contribution in [2.75, 3.05) is 18.1 Å². The van der Waals surface area contributed by atoms with Crippen molar-refractivity contribution in [1.82, 2.24) is 0 Å². The Kier molecular flexibility index (Phi) is 2.84. The van der Waals surface area contributed by atoms with Crippen LogP contribution >= 0.6 is 0 Å². The van der Waals surface area contributed by atoms with Gasteiger partial charge >= 0.3 is 0 Å². The molecule has 2 atom stereocenters. The summed E-state index contributed by atoms with van der Waals surface area (Å²) in [7, 11) is -2.84. The molecular formula is C10H15NO3S. The van der Waals surface area contributed by atoms with Gasteiger partial charge in [0.25, 0.3) is 0 Å². The van der Waals surface area contributed by atoms with Gasteiger partial charge in [-0.15, -0.1) is 0 Å². The van der Waals surface area contributed by atoms with E-state index in [0.717, 1.165) is 5.76 Å². The predicted molar refractivity (Wildman–Crippen MR) is 57.3 cm³/mol. The van der Waals surface area contributed by atoms with Gasteiger partial charge in [0.1, 0.15) is 5.76 Å². The van der Waals surface area contributed by atoms with E-state index in [2.05, 4.69) is 0 Å². The number of furan rings is 1. The summed E-state index contributed by atoms with van der Waals surface area (Å²) in [6.07, 6.45) is 2.30. The zero-order chi connectivity index (χ0) is 10.9. The van der Waals surface area contributed by atoms with E-state index in [1.807, 2.05) is 6.07 Å². The van der Waals surface area contributed by atoms with Crippen molar-refractivity contribution >= 4 is 9.84 Å². The fourth-order valence-electron chi connectivity index (χ4n) is 2.18. The number of hydrogen-bond donors (Lipinski definition) is 1. The molecule has 84 valence electrons. The molecule has 2 N–H and O–H groups in total. The molecular weight excluding hydrogens is 214 g/mol. The van der Waals surface area contributed by atoms with Crippen LogP contribution in [0.25, 0.3) is 0 Å². The Morgan fingerprint density at radius 3 is 2.87 bits per heavy atom. The van der Waals surface area contributed by atoms with Crippen molar-refractivity contribution < 1.29 is 12.8 Å². The highest BCUT2D eigenvalue weighted by Crippen LogP contribution is 2.32. The predicted octanol–water partition coefficient (Wildman–Crippen LogP) is 0.757. The molecule has 1 aromatic rings. The molecule has 2 rings (SSSR count). The highest BCUT2D eigenvalue weighted by atomic mass is 32.2. The lowest BCUT2D eigenvalue weighted by Crippen LogP contribution is -2.22. The third-order valence-corrected chi connectivity index (χ3v) is 4.79. The van der Waals surface area contributed by atoms with E-state index in [4.69, 9.17) is 10.2 Å². The molecule has 0 radical (unpaired) electrons. The number of nitrogens with two attached hydrogens (primary N) is 1. The normalized spacial score (nSPS) is 26.6. The van der Waals surface area contributed by atoms with Crippen LogP contribution in [0, 0.1) is 5.92 Å². The second-order valence-electron chi connectivity index (χ2n) is 4.02. The van der Waals surface area contributed by atoms with Gasteiger partial charge in [0.05, 0.1) is 17.8 Å². The SMILES string of the molecule is NCC(c1ccco1)C1CCS(=O)(=O)C1. The smallest absolute Gasteiger partial charge is 0.150 e. The van der Waals surface area contributed by atoms with E-state index in [1.54, 1.807) is 12.3 Å².